The van der Waals surface area contributed by atoms with Gasteiger partial charge in [-0.1, -0.05) is 6.07 Å². The lowest BCUT2D eigenvalue weighted by atomic mass is 10.1. The number of carboxylic acid groups (broad SMARTS) is 1. The second-order valence-corrected chi connectivity index (χ2v) is 4.11. The molecule has 2 rings (SSSR count). The highest BCUT2D eigenvalue weighted by Crippen LogP contribution is 2.33. The summed E-state index contributed by atoms with van der Waals surface area (Å²) in [6.07, 6.45) is 0. The van der Waals surface area contributed by atoms with Crippen molar-refractivity contribution in [1.29, 1.82) is 0 Å². The fraction of sp³-hybridized carbons (Fsp3) is 0.417. The topological polar surface area (TPSA) is 59.0 Å². The standard InChI is InChI=1S/C12H15NO4/c1-13(2)11(12(14)15)8-3-4-9-10(7-8)17-6-5-16-9/h3-4,7,11H,5-6H2,1-2H3,(H,14,15). The van der Waals surface area contributed by atoms with E-state index in [2.05, 4.69) is 0 Å². The maximum absolute atomic E-state index is 11.2. The zero-order valence-electron chi connectivity index (χ0n) is 9.84. The number of likely N-dealkylation sites (N-methyl/N-ethyl adjacent to an activating group) is 1. The summed E-state index contributed by atoms with van der Waals surface area (Å²) in [5, 5.41) is 9.19. The summed E-state index contributed by atoms with van der Waals surface area (Å²) in [6.45, 7) is 1.03. The third-order valence-corrected chi connectivity index (χ3v) is 2.63. The summed E-state index contributed by atoms with van der Waals surface area (Å²) in [5.74, 6) is 0.399. The minimum atomic E-state index is -0.883. The van der Waals surface area contributed by atoms with Gasteiger partial charge in [0.1, 0.15) is 19.3 Å². The van der Waals surface area contributed by atoms with E-state index in [1.54, 1.807) is 37.2 Å². The third-order valence-electron chi connectivity index (χ3n) is 2.63. The Morgan fingerprint density at radius 1 is 1.29 bits per heavy atom. The zero-order valence-corrected chi connectivity index (χ0v) is 9.84. The molecule has 1 N–H and O–H groups in total. The van der Waals surface area contributed by atoms with Crippen molar-refractivity contribution < 1.29 is 19.4 Å². The number of ether oxygens (including phenoxy) is 2. The van der Waals surface area contributed by atoms with Crippen LogP contribution >= 0.6 is 0 Å². The molecule has 1 aliphatic rings. The Bertz CT molecular complexity index is 431. The van der Waals surface area contributed by atoms with Gasteiger partial charge in [0.15, 0.2) is 11.5 Å². The molecular formula is C12H15NO4. The lowest BCUT2D eigenvalue weighted by Gasteiger charge is -2.23. The summed E-state index contributed by atoms with van der Waals surface area (Å²) in [4.78, 5) is 12.8. The first-order chi connectivity index (χ1) is 8.09. The predicted octanol–water partition coefficient (Wildman–Crippen LogP) is 1.15. The second-order valence-electron chi connectivity index (χ2n) is 4.11. The molecule has 1 atom stereocenters. The molecule has 1 aromatic rings. The van der Waals surface area contributed by atoms with E-state index in [4.69, 9.17) is 9.47 Å². The van der Waals surface area contributed by atoms with E-state index in [0.717, 1.165) is 0 Å². The van der Waals surface area contributed by atoms with Gasteiger partial charge >= 0.3 is 5.97 Å². The Morgan fingerprint density at radius 3 is 2.53 bits per heavy atom. The number of carbonyl (C=O) groups is 1. The maximum Gasteiger partial charge on any atom is 0.325 e. The Morgan fingerprint density at radius 2 is 1.94 bits per heavy atom. The van der Waals surface area contributed by atoms with Crippen LogP contribution in [0.25, 0.3) is 0 Å². The average Bonchev–Trinajstić information content (AvgIpc) is 2.28. The predicted molar refractivity (Wildman–Crippen MR) is 61.5 cm³/mol. The van der Waals surface area contributed by atoms with Gasteiger partial charge in [-0.25, -0.2) is 0 Å². The van der Waals surface area contributed by atoms with Gasteiger partial charge in [0.2, 0.25) is 0 Å². The van der Waals surface area contributed by atoms with Crippen molar-refractivity contribution in [2.24, 2.45) is 0 Å². The van der Waals surface area contributed by atoms with Crippen molar-refractivity contribution in [3.05, 3.63) is 23.8 Å². The number of rotatable bonds is 3. The van der Waals surface area contributed by atoms with Crippen LogP contribution < -0.4 is 9.47 Å². The summed E-state index contributed by atoms with van der Waals surface area (Å²) in [7, 11) is 3.46. The number of nitrogens with zero attached hydrogens (tertiary/aromatic N) is 1. The molecule has 17 heavy (non-hydrogen) atoms. The number of fused-ring (bicyclic) bond motifs is 1. The van der Waals surface area contributed by atoms with Crippen molar-refractivity contribution in [2.45, 2.75) is 6.04 Å². The second kappa shape index (κ2) is 4.63. The Labute approximate surface area is 99.6 Å². The van der Waals surface area contributed by atoms with Crippen molar-refractivity contribution in [2.75, 3.05) is 27.3 Å². The monoisotopic (exact) mass is 237 g/mol. The van der Waals surface area contributed by atoms with Crippen LogP contribution in [0.2, 0.25) is 0 Å². The Kier molecular flexibility index (Phi) is 3.19. The molecule has 5 nitrogen and oxygen atoms in total. The number of hydrogen-bond acceptors (Lipinski definition) is 4. The van der Waals surface area contributed by atoms with Crippen LogP contribution in [0.5, 0.6) is 11.5 Å². The van der Waals surface area contributed by atoms with Crippen molar-refractivity contribution >= 4 is 5.97 Å². The molecule has 0 spiro atoms. The molecule has 92 valence electrons. The summed E-state index contributed by atoms with van der Waals surface area (Å²) in [5.41, 5.74) is 0.687. The number of hydrogen-bond donors (Lipinski definition) is 1. The molecule has 0 aromatic heterocycles. The molecule has 1 unspecified atom stereocenters. The highest BCUT2D eigenvalue weighted by atomic mass is 16.6. The van der Waals surface area contributed by atoms with Crippen molar-refractivity contribution in [1.82, 2.24) is 4.90 Å². The minimum absolute atomic E-state index is 0.496. The average molecular weight is 237 g/mol. The summed E-state index contributed by atoms with van der Waals surface area (Å²) in [6, 6.07) is 4.56. The van der Waals surface area contributed by atoms with Crippen molar-refractivity contribution in [3.8, 4) is 11.5 Å². The lowest BCUT2D eigenvalue weighted by Crippen LogP contribution is -2.27. The van der Waals surface area contributed by atoms with Crippen LogP contribution in [-0.4, -0.2) is 43.3 Å². The molecule has 0 saturated heterocycles. The highest BCUT2D eigenvalue weighted by Gasteiger charge is 2.24. The smallest absolute Gasteiger partial charge is 0.325 e. The van der Waals surface area contributed by atoms with Crippen LogP contribution in [0.1, 0.15) is 11.6 Å². The molecule has 0 aliphatic carbocycles. The van der Waals surface area contributed by atoms with Gasteiger partial charge in [-0.2, -0.15) is 0 Å². The number of benzene rings is 1. The first-order valence-corrected chi connectivity index (χ1v) is 5.38. The SMILES string of the molecule is CN(C)C(C(=O)O)c1ccc2c(c1)OCCO2. The molecule has 1 aromatic carbocycles. The van der Waals surface area contributed by atoms with Gasteiger partial charge < -0.3 is 14.6 Å². The van der Waals surface area contributed by atoms with E-state index in [0.29, 0.717) is 30.3 Å². The third kappa shape index (κ3) is 2.34. The highest BCUT2D eigenvalue weighted by molar-refractivity contribution is 5.76. The van der Waals surface area contributed by atoms with Crippen LogP contribution in [0.15, 0.2) is 18.2 Å². The van der Waals surface area contributed by atoms with Gasteiger partial charge in [0.25, 0.3) is 0 Å². The van der Waals surface area contributed by atoms with Crippen LogP contribution in [0.3, 0.4) is 0 Å². The molecule has 1 aliphatic heterocycles. The van der Waals surface area contributed by atoms with Crippen LogP contribution in [-0.2, 0) is 4.79 Å². The Balaban J connectivity index is 2.35. The lowest BCUT2D eigenvalue weighted by molar-refractivity contribution is -0.142. The van der Waals surface area contributed by atoms with E-state index < -0.39 is 12.0 Å². The zero-order chi connectivity index (χ0) is 12.4. The van der Waals surface area contributed by atoms with Gasteiger partial charge in [-0.3, -0.25) is 9.69 Å². The molecule has 0 bridgehead atoms. The largest absolute Gasteiger partial charge is 0.486 e. The van der Waals surface area contributed by atoms with E-state index in [9.17, 15) is 9.90 Å². The summed E-state index contributed by atoms with van der Waals surface area (Å²) >= 11 is 0. The molecule has 0 radical (unpaired) electrons. The molecular weight excluding hydrogens is 222 g/mol. The number of aliphatic carboxylic acids is 1. The molecule has 0 saturated carbocycles. The van der Waals surface area contributed by atoms with E-state index in [-0.39, 0.29) is 0 Å². The quantitative estimate of drug-likeness (QED) is 0.854. The van der Waals surface area contributed by atoms with Crippen LogP contribution in [0, 0.1) is 0 Å². The van der Waals surface area contributed by atoms with Gasteiger partial charge in [0.05, 0.1) is 0 Å². The van der Waals surface area contributed by atoms with E-state index in [1.807, 2.05) is 0 Å². The molecule has 0 fully saturated rings. The van der Waals surface area contributed by atoms with Crippen LogP contribution in [0.4, 0.5) is 0 Å². The summed E-state index contributed by atoms with van der Waals surface area (Å²) < 4.78 is 10.8. The number of carboxylic acids is 1. The molecule has 1 heterocycles. The van der Waals surface area contributed by atoms with E-state index >= 15 is 0 Å². The van der Waals surface area contributed by atoms with Gasteiger partial charge in [-0.15, -0.1) is 0 Å². The minimum Gasteiger partial charge on any atom is -0.486 e. The fourth-order valence-corrected chi connectivity index (χ4v) is 1.89. The first-order valence-electron chi connectivity index (χ1n) is 5.38. The maximum atomic E-state index is 11.2. The van der Waals surface area contributed by atoms with Gasteiger partial charge in [0, 0.05) is 0 Å². The van der Waals surface area contributed by atoms with E-state index in [1.165, 1.54) is 0 Å². The molecule has 0 amide bonds. The van der Waals surface area contributed by atoms with Gasteiger partial charge in [-0.05, 0) is 31.8 Å². The first kappa shape index (κ1) is 11.7. The normalized spacial score (nSPS) is 15.7. The Hall–Kier alpha value is -1.75. The van der Waals surface area contributed by atoms with Crippen molar-refractivity contribution in [3.63, 3.8) is 0 Å². The fourth-order valence-electron chi connectivity index (χ4n) is 1.89. The molecule has 5 heteroatoms.